The molecule has 0 fully saturated rings. The first kappa shape index (κ1) is 14.9. The van der Waals surface area contributed by atoms with E-state index in [0.29, 0.717) is 23.8 Å². The number of aliphatic carboxylic acids is 1. The fourth-order valence-corrected chi connectivity index (χ4v) is 3.19. The van der Waals surface area contributed by atoms with Gasteiger partial charge < -0.3 is 10.8 Å². The fourth-order valence-electron chi connectivity index (χ4n) is 2.91. The number of nitrogens with zero attached hydrogens (tertiary/aromatic N) is 3. The van der Waals surface area contributed by atoms with Crippen LogP contribution in [0, 0.1) is 0 Å². The fraction of sp³-hybridized carbons (Fsp3) is 0.333. The van der Waals surface area contributed by atoms with Crippen LogP contribution in [0.25, 0.3) is 11.3 Å². The zero-order valence-electron chi connectivity index (χ0n) is 12.2. The molecule has 3 rings (SSSR count). The van der Waals surface area contributed by atoms with Gasteiger partial charge in [-0.25, -0.2) is 0 Å². The van der Waals surface area contributed by atoms with Gasteiger partial charge >= 0.3 is 5.97 Å². The quantitative estimate of drug-likeness (QED) is 0.842. The van der Waals surface area contributed by atoms with Gasteiger partial charge in [0.25, 0.3) is 0 Å². The first-order chi connectivity index (χ1) is 10.5. The number of nitrogen functional groups attached to an aromatic ring is 1. The van der Waals surface area contributed by atoms with Crippen molar-refractivity contribution in [3.63, 3.8) is 0 Å². The molecule has 0 atom stereocenters. The Balaban J connectivity index is 2.02. The third-order valence-corrected chi connectivity index (χ3v) is 4.24. The van der Waals surface area contributed by atoms with E-state index in [1.165, 1.54) is 0 Å². The first-order valence-electron chi connectivity index (χ1n) is 7.00. The molecule has 0 bridgehead atoms. The maximum absolute atomic E-state index is 10.9. The Labute approximate surface area is 133 Å². The van der Waals surface area contributed by atoms with Gasteiger partial charge in [-0.1, -0.05) is 11.6 Å². The van der Waals surface area contributed by atoms with E-state index >= 15 is 0 Å². The third-order valence-electron chi connectivity index (χ3n) is 3.93. The van der Waals surface area contributed by atoms with Crippen molar-refractivity contribution in [2.45, 2.75) is 13.0 Å². The first-order valence-corrected chi connectivity index (χ1v) is 7.38. The van der Waals surface area contributed by atoms with Gasteiger partial charge in [0, 0.05) is 49.1 Å². The standard InChI is InChI=1S/C15H17ClN4O2/c1-19-13-4-5-20(8-14(21)22)7-11(13)15(18-19)10-3-2-9(17)6-12(10)16/h2-3,6H,4-5,7-8,17H2,1H3,(H,21,22). The number of anilines is 1. The molecule has 0 aliphatic carbocycles. The van der Waals surface area contributed by atoms with E-state index < -0.39 is 5.97 Å². The average Bonchev–Trinajstić information content (AvgIpc) is 2.75. The van der Waals surface area contributed by atoms with E-state index in [0.717, 1.165) is 28.9 Å². The molecule has 0 unspecified atom stereocenters. The number of hydrogen-bond acceptors (Lipinski definition) is 4. The number of carboxylic acids is 1. The lowest BCUT2D eigenvalue weighted by atomic mass is 10.0. The number of nitrogens with two attached hydrogens (primary N) is 1. The number of aromatic nitrogens is 2. The van der Waals surface area contributed by atoms with Crippen LogP contribution >= 0.6 is 11.6 Å². The second-order valence-corrected chi connectivity index (χ2v) is 5.90. The largest absolute Gasteiger partial charge is 0.480 e. The van der Waals surface area contributed by atoms with Crippen LogP contribution in [0.15, 0.2) is 18.2 Å². The highest BCUT2D eigenvalue weighted by Crippen LogP contribution is 2.34. The van der Waals surface area contributed by atoms with Gasteiger partial charge in [0.1, 0.15) is 0 Å². The molecule has 3 N–H and O–H groups in total. The summed E-state index contributed by atoms with van der Waals surface area (Å²) in [5, 5.41) is 14.1. The van der Waals surface area contributed by atoms with E-state index in [1.54, 1.807) is 12.1 Å². The Kier molecular flexibility index (Phi) is 3.80. The molecule has 2 aromatic rings. The summed E-state index contributed by atoms with van der Waals surface area (Å²) in [7, 11) is 1.90. The number of rotatable bonds is 3. The van der Waals surface area contributed by atoms with Gasteiger partial charge in [-0.2, -0.15) is 5.10 Å². The summed E-state index contributed by atoms with van der Waals surface area (Å²) in [6.07, 6.45) is 0.776. The zero-order valence-corrected chi connectivity index (χ0v) is 13.0. The number of fused-ring (bicyclic) bond motifs is 1. The van der Waals surface area contributed by atoms with Crippen molar-refractivity contribution in [3.05, 3.63) is 34.5 Å². The average molecular weight is 321 g/mol. The number of halogens is 1. The van der Waals surface area contributed by atoms with Crippen molar-refractivity contribution in [1.29, 1.82) is 0 Å². The van der Waals surface area contributed by atoms with E-state index in [1.807, 2.05) is 22.7 Å². The van der Waals surface area contributed by atoms with Gasteiger partial charge in [-0.15, -0.1) is 0 Å². The maximum Gasteiger partial charge on any atom is 0.317 e. The lowest BCUT2D eigenvalue weighted by Crippen LogP contribution is -2.35. The van der Waals surface area contributed by atoms with Gasteiger partial charge in [0.15, 0.2) is 0 Å². The summed E-state index contributed by atoms with van der Waals surface area (Å²) in [4.78, 5) is 12.8. The number of hydrogen-bond donors (Lipinski definition) is 2. The topological polar surface area (TPSA) is 84.4 Å². The summed E-state index contributed by atoms with van der Waals surface area (Å²) >= 11 is 6.30. The number of aryl methyl sites for hydroxylation is 1. The second-order valence-electron chi connectivity index (χ2n) is 5.49. The Hall–Kier alpha value is -2.05. The van der Waals surface area contributed by atoms with Crippen LogP contribution in [0.2, 0.25) is 5.02 Å². The lowest BCUT2D eigenvalue weighted by molar-refractivity contribution is -0.138. The Morgan fingerprint density at radius 2 is 2.27 bits per heavy atom. The summed E-state index contributed by atoms with van der Waals surface area (Å²) in [6, 6.07) is 5.35. The minimum Gasteiger partial charge on any atom is -0.480 e. The predicted molar refractivity (Wildman–Crippen MR) is 84.7 cm³/mol. The summed E-state index contributed by atoms with van der Waals surface area (Å²) in [6.45, 7) is 1.31. The highest BCUT2D eigenvalue weighted by atomic mass is 35.5. The number of benzene rings is 1. The molecule has 0 spiro atoms. The molecule has 116 valence electrons. The molecular formula is C15H17ClN4O2. The van der Waals surface area contributed by atoms with Crippen molar-refractivity contribution < 1.29 is 9.90 Å². The van der Waals surface area contributed by atoms with Crippen LogP contribution in [-0.2, 0) is 24.8 Å². The van der Waals surface area contributed by atoms with Crippen molar-refractivity contribution in [3.8, 4) is 11.3 Å². The smallest absolute Gasteiger partial charge is 0.317 e. The summed E-state index contributed by atoms with van der Waals surface area (Å²) in [5.74, 6) is -0.820. The van der Waals surface area contributed by atoms with Gasteiger partial charge in [0.05, 0.1) is 17.3 Å². The zero-order chi connectivity index (χ0) is 15.9. The van der Waals surface area contributed by atoms with Crippen LogP contribution in [0.5, 0.6) is 0 Å². The van der Waals surface area contributed by atoms with Crippen molar-refractivity contribution >= 4 is 23.3 Å². The lowest BCUT2D eigenvalue weighted by Gasteiger charge is -2.25. The molecule has 1 aromatic carbocycles. The maximum atomic E-state index is 10.9. The highest BCUT2D eigenvalue weighted by molar-refractivity contribution is 6.33. The Bertz CT molecular complexity index is 741. The molecule has 1 aromatic heterocycles. The molecule has 1 aliphatic rings. The van der Waals surface area contributed by atoms with Gasteiger partial charge in [-0.05, 0) is 18.2 Å². The molecule has 7 heteroatoms. The van der Waals surface area contributed by atoms with Crippen LogP contribution < -0.4 is 5.73 Å². The molecule has 2 heterocycles. The SMILES string of the molecule is Cn1nc(-c2ccc(N)cc2Cl)c2c1CCN(CC(=O)O)C2. The van der Waals surface area contributed by atoms with E-state index in [-0.39, 0.29) is 6.54 Å². The Morgan fingerprint density at radius 3 is 2.95 bits per heavy atom. The highest BCUT2D eigenvalue weighted by Gasteiger charge is 2.26. The minimum atomic E-state index is -0.820. The molecular weight excluding hydrogens is 304 g/mol. The normalized spacial score (nSPS) is 14.8. The van der Waals surface area contributed by atoms with Gasteiger partial charge in [-0.3, -0.25) is 14.4 Å². The molecule has 6 nitrogen and oxygen atoms in total. The predicted octanol–water partition coefficient (Wildman–Crippen LogP) is 1.77. The number of carbonyl (C=O) groups is 1. The van der Waals surface area contributed by atoms with Crippen LogP contribution in [-0.4, -0.2) is 38.8 Å². The van der Waals surface area contributed by atoms with Crippen LogP contribution in [0.1, 0.15) is 11.3 Å². The Morgan fingerprint density at radius 1 is 1.50 bits per heavy atom. The van der Waals surface area contributed by atoms with Crippen LogP contribution in [0.3, 0.4) is 0 Å². The van der Waals surface area contributed by atoms with Crippen LogP contribution in [0.4, 0.5) is 5.69 Å². The van der Waals surface area contributed by atoms with E-state index in [9.17, 15) is 4.79 Å². The van der Waals surface area contributed by atoms with Crippen molar-refractivity contribution in [2.75, 3.05) is 18.8 Å². The van der Waals surface area contributed by atoms with E-state index in [2.05, 4.69) is 5.10 Å². The molecule has 0 amide bonds. The molecule has 22 heavy (non-hydrogen) atoms. The van der Waals surface area contributed by atoms with Crippen molar-refractivity contribution in [2.24, 2.45) is 7.05 Å². The minimum absolute atomic E-state index is 0.0310. The van der Waals surface area contributed by atoms with E-state index in [4.69, 9.17) is 22.4 Å². The summed E-state index contributed by atoms with van der Waals surface area (Å²) in [5.41, 5.74) is 10.1. The third kappa shape index (κ3) is 2.67. The monoisotopic (exact) mass is 320 g/mol. The molecule has 0 radical (unpaired) electrons. The second kappa shape index (κ2) is 5.62. The van der Waals surface area contributed by atoms with Crippen molar-refractivity contribution in [1.82, 2.24) is 14.7 Å². The van der Waals surface area contributed by atoms with Gasteiger partial charge in [0.2, 0.25) is 0 Å². The summed E-state index contributed by atoms with van der Waals surface area (Å²) < 4.78 is 1.86. The number of carboxylic acid groups (broad SMARTS) is 1. The molecule has 0 saturated heterocycles. The molecule has 0 saturated carbocycles. The molecule has 1 aliphatic heterocycles.